The van der Waals surface area contributed by atoms with Gasteiger partial charge in [-0.15, -0.1) is 0 Å². The topological polar surface area (TPSA) is 90.5 Å². The number of aryl methyl sites for hydroxylation is 1. The second-order valence-electron chi connectivity index (χ2n) is 7.47. The number of rotatable bonds is 1. The molecule has 0 amide bonds. The Morgan fingerprint density at radius 3 is 2.72 bits per heavy atom. The minimum atomic E-state index is -1.95. The van der Waals surface area contributed by atoms with Crippen molar-refractivity contribution in [3.05, 3.63) is 67.5 Å². The summed E-state index contributed by atoms with van der Waals surface area (Å²) in [4.78, 5) is 38.6. The lowest BCUT2D eigenvalue weighted by molar-refractivity contribution is -0.172. The number of aliphatic hydroxyl groups is 1. The number of carbonyl (C=O) groups excluding carboxylic acids is 1. The molecule has 5 rings (SSSR count). The van der Waals surface area contributed by atoms with Gasteiger partial charge < -0.3 is 19.0 Å². The number of ether oxygens (including phenoxy) is 1. The van der Waals surface area contributed by atoms with Crippen molar-refractivity contribution in [1.82, 2.24) is 9.13 Å². The highest BCUT2D eigenvalue weighted by Crippen LogP contribution is 2.38. The number of carbonyl (C=O) groups is 1. The van der Waals surface area contributed by atoms with Crippen LogP contribution in [0.25, 0.3) is 22.2 Å². The highest BCUT2D eigenvalue weighted by Gasteiger charge is 2.45. The van der Waals surface area contributed by atoms with Crippen LogP contribution in [0.2, 0.25) is 0 Å². The molecule has 0 saturated heterocycles. The maximum atomic E-state index is 13.8. The third-order valence-corrected chi connectivity index (χ3v) is 6.09. The summed E-state index contributed by atoms with van der Waals surface area (Å²) in [7, 11) is 1.75. The van der Waals surface area contributed by atoms with E-state index in [1.54, 1.807) is 18.5 Å². The fraction of sp³-hybridized carbons (Fsp3) is 0.286. The first-order valence-electron chi connectivity index (χ1n) is 9.26. The number of halogens is 1. The van der Waals surface area contributed by atoms with E-state index in [1.165, 1.54) is 28.8 Å². The van der Waals surface area contributed by atoms with Crippen molar-refractivity contribution in [2.45, 2.75) is 32.1 Å². The predicted molar refractivity (Wildman–Crippen MR) is 102 cm³/mol. The van der Waals surface area contributed by atoms with Crippen molar-refractivity contribution < 1.29 is 19.0 Å². The Balaban J connectivity index is 1.90. The molecule has 0 spiro atoms. The van der Waals surface area contributed by atoms with Crippen molar-refractivity contribution in [1.29, 1.82) is 0 Å². The van der Waals surface area contributed by atoms with Crippen LogP contribution >= 0.6 is 0 Å². The van der Waals surface area contributed by atoms with Crippen LogP contribution in [0.1, 0.15) is 30.2 Å². The first-order valence-corrected chi connectivity index (χ1v) is 9.26. The highest BCUT2D eigenvalue weighted by molar-refractivity contribution is 5.87. The smallest absolute Gasteiger partial charge is 0.343 e. The number of fused-ring (bicyclic) bond motifs is 5. The molecule has 2 aromatic heterocycles. The lowest BCUT2D eigenvalue weighted by Crippen LogP contribution is -2.44. The minimum Gasteiger partial charge on any atom is -0.458 e. The third kappa shape index (κ3) is 2.12. The summed E-state index contributed by atoms with van der Waals surface area (Å²) < 4.78 is 22.0. The molecule has 2 aliphatic rings. The van der Waals surface area contributed by atoms with Gasteiger partial charge in [-0.1, -0.05) is 6.92 Å². The molecule has 8 heteroatoms. The Hall–Kier alpha value is -3.26. The average molecular weight is 396 g/mol. The molecule has 0 radical (unpaired) electrons. The van der Waals surface area contributed by atoms with Gasteiger partial charge in [-0.05, 0) is 30.7 Å². The van der Waals surface area contributed by atoms with Gasteiger partial charge in [0.25, 0.3) is 5.56 Å². The Morgan fingerprint density at radius 2 is 2.00 bits per heavy atom. The van der Waals surface area contributed by atoms with E-state index in [9.17, 15) is 23.9 Å². The largest absolute Gasteiger partial charge is 0.458 e. The normalized spacial score (nSPS) is 19.7. The molecule has 29 heavy (non-hydrogen) atoms. The molecule has 148 valence electrons. The van der Waals surface area contributed by atoms with Crippen LogP contribution < -0.4 is 11.0 Å². The predicted octanol–water partition coefficient (Wildman–Crippen LogP) is 1.52. The zero-order valence-corrected chi connectivity index (χ0v) is 15.8. The number of benzene rings is 1. The van der Waals surface area contributed by atoms with Gasteiger partial charge in [-0.3, -0.25) is 9.59 Å². The summed E-state index contributed by atoms with van der Waals surface area (Å²) in [6.07, 6.45) is 0.0233. The van der Waals surface area contributed by atoms with Crippen LogP contribution in [0.5, 0.6) is 0 Å². The molecule has 0 fully saturated rings. The summed E-state index contributed by atoms with van der Waals surface area (Å²) in [5.41, 5.74) is -0.610. The second-order valence-corrected chi connectivity index (χ2v) is 7.47. The minimum absolute atomic E-state index is 0.0233. The quantitative estimate of drug-likeness (QED) is 0.493. The SMILES string of the molecule is CC[C@@]1(O)C(=O)OCc2c1cc1n(c2=O)Cc2c-1c(=O)c1cc(F)ccc1n2C. The van der Waals surface area contributed by atoms with Gasteiger partial charge in [0.15, 0.2) is 11.0 Å². The molecule has 0 bridgehead atoms. The average Bonchev–Trinajstić information content (AvgIpc) is 3.10. The molecule has 0 saturated carbocycles. The van der Waals surface area contributed by atoms with E-state index >= 15 is 0 Å². The first-order chi connectivity index (χ1) is 13.8. The highest BCUT2D eigenvalue weighted by atomic mass is 19.1. The zero-order valence-electron chi connectivity index (χ0n) is 15.8. The van der Waals surface area contributed by atoms with Gasteiger partial charge in [0.05, 0.1) is 34.6 Å². The van der Waals surface area contributed by atoms with Gasteiger partial charge in [0.2, 0.25) is 0 Å². The Kier molecular flexibility index (Phi) is 3.46. The number of nitrogens with zero attached hydrogens (tertiary/aromatic N) is 2. The molecule has 1 aromatic carbocycles. The van der Waals surface area contributed by atoms with Gasteiger partial charge >= 0.3 is 5.97 Å². The number of pyridine rings is 2. The molecule has 2 aliphatic heterocycles. The van der Waals surface area contributed by atoms with Crippen LogP contribution in [0, 0.1) is 5.82 Å². The Labute approximate surface area is 163 Å². The maximum absolute atomic E-state index is 13.8. The lowest BCUT2D eigenvalue weighted by atomic mass is 9.86. The van der Waals surface area contributed by atoms with Crippen molar-refractivity contribution in [2.75, 3.05) is 0 Å². The van der Waals surface area contributed by atoms with Gasteiger partial charge in [0.1, 0.15) is 12.4 Å². The van der Waals surface area contributed by atoms with E-state index in [1.807, 2.05) is 0 Å². The summed E-state index contributed by atoms with van der Waals surface area (Å²) in [6.45, 7) is 1.55. The molecular formula is C21H17FN2O5. The van der Waals surface area contributed by atoms with Crippen LogP contribution in [0.4, 0.5) is 4.39 Å². The number of esters is 1. The van der Waals surface area contributed by atoms with E-state index in [-0.39, 0.29) is 41.6 Å². The zero-order chi connectivity index (χ0) is 20.7. The summed E-state index contributed by atoms with van der Waals surface area (Å²) in [5, 5.41) is 11.1. The van der Waals surface area contributed by atoms with Crippen LogP contribution in [0.3, 0.4) is 0 Å². The van der Waals surface area contributed by atoms with Crippen molar-refractivity contribution in [3.63, 3.8) is 0 Å². The molecule has 1 N–H and O–H groups in total. The molecule has 4 heterocycles. The van der Waals surface area contributed by atoms with E-state index in [0.29, 0.717) is 16.9 Å². The molecule has 1 atom stereocenters. The van der Waals surface area contributed by atoms with Crippen molar-refractivity contribution >= 4 is 16.9 Å². The van der Waals surface area contributed by atoms with Crippen LogP contribution in [-0.2, 0) is 35.3 Å². The number of cyclic esters (lactones) is 1. The molecule has 3 aromatic rings. The standard InChI is InChI=1S/C21H17FN2O5/c1-3-21(28)13-7-15-17-16(8-24(15)19(26)12(13)9-29-20(21)27)23(2)14-5-4-10(22)6-11(14)18(17)25/h4-7,28H,3,8-9H2,1-2H3/t21-/m0/s1. The Bertz CT molecular complexity index is 1370. The third-order valence-electron chi connectivity index (χ3n) is 6.09. The first kappa shape index (κ1) is 17.8. The fourth-order valence-corrected chi connectivity index (χ4v) is 4.42. The van der Waals surface area contributed by atoms with Crippen LogP contribution in [-0.4, -0.2) is 20.2 Å². The van der Waals surface area contributed by atoms with Crippen molar-refractivity contribution in [2.24, 2.45) is 7.05 Å². The number of hydrogen-bond donors (Lipinski definition) is 1. The second kappa shape index (κ2) is 5.64. The summed E-state index contributed by atoms with van der Waals surface area (Å²) in [6, 6.07) is 5.52. The van der Waals surface area contributed by atoms with Crippen LogP contribution in [0.15, 0.2) is 33.9 Å². The van der Waals surface area contributed by atoms with E-state index in [4.69, 9.17) is 4.74 Å². The van der Waals surface area contributed by atoms with E-state index in [2.05, 4.69) is 0 Å². The van der Waals surface area contributed by atoms with Gasteiger partial charge in [0, 0.05) is 18.0 Å². The lowest BCUT2D eigenvalue weighted by Gasteiger charge is -2.31. The summed E-state index contributed by atoms with van der Waals surface area (Å²) in [5.74, 6) is -1.35. The van der Waals surface area contributed by atoms with Gasteiger partial charge in [-0.25, -0.2) is 9.18 Å². The number of aromatic nitrogens is 2. The van der Waals surface area contributed by atoms with Crippen molar-refractivity contribution in [3.8, 4) is 11.3 Å². The molecule has 0 unspecified atom stereocenters. The van der Waals surface area contributed by atoms with Gasteiger partial charge in [-0.2, -0.15) is 0 Å². The Morgan fingerprint density at radius 1 is 1.24 bits per heavy atom. The monoisotopic (exact) mass is 396 g/mol. The molecular weight excluding hydrogens is 379 g/mol. The maximum Gasteiger partial charge on any atom is 0.343 e. The fourth-order valence-electron chi connectivity index (χ4n) is 4.42. The summed E-state index contributed by atoms with van der Waals surface area (Å²) >= 11 is 0. The molecule has 7 nitrogen and oxygen atoms in total. The van der Waals surface area contributed by atoms with E-state index in [0.717, 1.165) is 0 Å². The van der Waals surface area contributed by atoms with E-state index < -0.39 is 28.4 Å². The number of hydrogen-bond acceptors (Lipinski definition) is 5. The molecule has 0 aliphatic carbocycles.